The zero-order valence-electron chi connectivity index (χ0n) is 9.91. The summed E-state index contributed by atoms with van der Waals surface area (Å²) in [5.41, 5.74) is 0.884. The van der Waals surface area contributed by atoms with Gasteiger partial charge in [-0.1, -0.05) is 12.1 Å². The fourth-order valence-electron chi connectivity index (χ4n) is 1.52. The molecule has 1 aromatic rings. The molecule has 0 aliphatic carbocycles. The quantitative estimate of drug-likeness (QED) is 0.845. The molecule has 0 aliphatic heterocycles. The van der Waals surface area contributed by atoms with Crippen LogP contribution in [0.3, 0.4) is 0 Å². The molecule has 0 aromatic heterocycles. The number of thioether (sulfide) groups is 1. The third kappa shape index (κ3) is 4.25. The highest BCUT2D eigenvalue weighted by Crippen LogP contribution is 2.20. The van der Waals surface area contributed by atoms with Gasteiger partial charge >= 0.3 is 0 Å². The highest BCUT2D eigenvalue weighted by molar-refractivity contribution is 9.10. The van der Waals surface area contributed by atoms with Crippen molar-refractivity contribution in [3.05, 3.63) is 34.1 Å². The van der Waals surface area contributed by atoms with Gasteiger partial charge in [-0.3, -0.25) is 0 Å². The van der Waals surface area contributed by atoms with Crippen molar-refractivity contribution in [1.29, 1.82) is 0 Å². The minimum Gasteiger partial charge on any atom is -0.395 e. The van der Waals surface area contributed by atoms with Crippen LogP contribution in [-0.2, 0) is 6.54 Å². The van der Waals surface area contributed by atoms with E-state index in [-0.39, 0.29) is 23.7 Å². The van der Waals surface area contributed by atoms with Gasteiger partial charge in [-0.25, -0.2) is 4.39 Å². The monoisotopic (exact) mass is 321 g/mol. The Morgan fingerprint density at radius 3 is 2.82 bits per heavy atom. The molecule has 2 unspecified atom stereocenters. The van der Waals surface area contributed by atoms with Crippen LogP contribution in [0.4, 0.5) is 4.39 Å². The summed E-state index contributed by atoms with van der Waals surface area (Å²) in [5.74, 6) is -0.250. The van der Waals surface area contributed by atoms with Gasteiger partial charge in [0, 0.05) is 17.8 Å². The molecule has 2 N–H and O–H groups in total. The van der Waals surface area contributed by atoms with Gasteiger partial charge in [0.25, 0.3) is 0 Å². The number of nitrogens with one attached hydrogen (secondary N) is 1. The van der Waals surface area contributed by atoms with Crippen LogP contribution in [0.15, 0.2) is 22.7 Å². The van der Waals surface area contributed by atoms with Gasteiger partial charge in [-0.15, -0.1) is 0 Å². The van der Waals surface area contributed by atoms with Crippen molar-refractivity contribution in [3.63, 3.8) is 0 Å². The lowest BCUT2D eigenvalue weighted by atomic mass is 10.2. The van der Waals surface area contributed by atoms with Crippen molar-refractivity contribution >= 4 is 27.7 Å². The van der Waals surface area contributed by atoms with Crippen molar-refractivity contribution in [3.8, 4) is 0 Å². The second-order valence-corrected chi connectivity index (χ2v) is 5.71. The van der Waals surface area contributed by atoms with E-state index < -0.39 is 0 Å². The highest BCUT2D eigenvalue weighted by atomic mass is 79.9. The number of hydrogen-bond donors (Lipinski definition) is 2. The Balaban J connectivity index is 2.58. The van der Waals surface area contributed by atoms with Crippen molar-refractivity contribution in [2.45, 2.75) is 24.8 Å². The summed E-state index contributed by atoms with van der Waals surface area (Å²) in [4.78, 5) is 0. The first-order valence-electron chi connectivity index (χ1n) is 5.40. The number of benzene rings is 1. The fourth-order valence-corrected chi connectivity index (χ4v) is 2.58. The van der Waals surface area contributed by atoms with Crippen LogP contribution < -0.4 is 5.32 Å². The molecule has 0 fully saturated rings. The Labute approximate surface area is 114 Å². The third-order valence-electron chi connectivity index (χ3n) is 2.69. The van der Waals surface area contributed by atoms with Crippen molar-refractivity contribution in [2.75, 3.05) is 12.9 Å². The summed E-state index contributed by atoms with van der Waals surface area (Å²) in [7, 11) is 0. The minimum atomic E-state index is -0.250. The maximum atomic E-state index is 13.3. The normalized spacial score (nSPS) is 14.6. The lowest BCUT2D eigenvalue weighted by Crippen LogP contribution is -2.37. The van der Waals surface area contributed by atoms with Crippen molar-refractivity contribution in [2.24, 2.45) is 0 Å². The van der Waals surface area contributed by atoms with E-state index in [1.807, 2.05) is 19.2 Å². The average molecular weight is 322 g/mol. The molecule has 96 valence electrons. The molecule has 1 aromatic carbocycles. The van der Waals surface area contributed by atoms with Crippen LogP contribution in [-0.4, -0.2) is 29.3 Å². The molecule has 0 heterocycles. The van der Waals surface area contributed by atoms with Crippen LogP contribution >= 0.6 is 27.7 Å². The van der Waals surface area contributed by atoms with Crippen LogP contribution in [0.1, 0.15) is 12.5 Å². The summed E-state index contributed by atoms with van der Waals surface area (Å²) in [5, 5.41) is 12.6. The van der Waals surface area contributed by atoms with E-state index in [1.54, 1.807) is 17.8 Å². The molecular weight excluding hydrogens is 305 g/mol. The van der Waals surface area contributed by atoms with E-state index in [2.05, 4.69) is 21.2 Å². The average Bonchev–Trinajstić information content (AvgIpc) is 2.32. The molecule has 5 heteroatoms. The Hall–Kier alpha value is -0.100. The van der Waals surface area contributed by atoms with E-state index in [9.17, 15) is 4.39 Å². The Kier molecular flexibility index (Phi) is 6.48. The summed E-state index contributed by atoms with van der Waals surface area (Å²) in [6.07, 6.45) is 1.97. The lowest BCUT2D eigenvalue weighted by molar-refractivity contribution is 0.275. The predicted molar refractivity (Wildman–Crippen MR) is 74.8 cm³/mol. The Morgan fingerprint density at radius 2 is 2.24 bits per heavy atom. The third-order valence-corrected chi connectivity index (χ3v) is 4.74. The Bertz CT molecular complexity index is 360. The SMILES string of the molecule is CSC(CO)C(C)NCc1cccc(F)c1Br. The molecule has 1 rings (SSSR count). The van der Waals surface area contributed by atoms with Gasteiger partial charge < -0.3 is 10.4 Å². The zero-order valence-corrected chi connectivity index (χ0v) is 12.3. The van der Waals surface area contributed by atoms with Gasteiger partial charge in [0.1, 0.15) is 5.82 Å². The van der Waals surface area contributed by atoms with Crippen LogP contribution in [0.5, 0.6) is 0 Å². The minimum absolute atomic E-state index is 0.139. The van der Waals surface area contributed by atoms with E-state index in [4.69, 9.17) is 5.11 Å². The molecular formula is C12H17BrFNOS. The van der Waals surface area contributed by atoms with Crippen molar-refractivity contribution in [1.82, 2.24) is 5.32 Å². The molecule has 0 amide bonds. The number of halogens is 2. The first-order chi connectivity index (χ1) is 8.10. The van der Waals surface area contributed by atoms with Crippen molar-refractivity contribution < 1.29 is 9.50 Å². The smallest absolute Gasteiger partial charge is 0.137 e. The molecule has 0 saturated carbocycles. The van der Waals surface area contributed by atoms with E-state index in [1.165, 1.54) is 6.07 Å². The van der Waals surface area contributed by atoms with Gasteiger partial charge in [0.2, 0.25) is 0 Å². The maximum absolute atomic E-state index is 13.3. The molecule has 2 nitrogen and oxygen atoms in total. The Morgan fingerprint density at radius 1 is 1.53 bits per heavy atom. The van der Waals surface area contributed by atoms with Gasteiger partial charge in [-0.05, 0) is 40.7 Å². The lowest BCUT2D eigenvalue weighted by Gasteiger charge is -2.21. The van der Waals surface area contributed by atoms with Gasteiger partial charge in [0.05, 0.1) is 11.1 Å². The topological polar surface area (TPSA) is 32.3 Å². The zero-order chi connectivity index (χ0) is 12.8. The van der Waals surface area contributed by atoms with Crippen LogP contribution in [0.2, 0.25) is 0 Å². The molecule has 17 heavy (non-hydrogen) atoms. The van der Waals surface area contributed by atoms with Gasteiger partial charge in [0.15, 0.2) is 0 Å². The predicted octanol–water partition coefficient (Wildman–Crippen LogP) is 2.79. The van der Waals surface area contributed by atoms with Gasteiger partial charge in [-0.2, -0.15) is 11.8 Å². The first-order valence-corrected chi connectivity index (χ1v) is 7.48. The molecule has 0 spiro atoms. The molecule has 0 radical (unpaired) electrons. The summed E-state index contributed by atoms with van der Waals surface area (Å²) >= 11 is 4.85. The fraction of sp³-hybridized carbons (Fsp3) is 0.500. The second kappa shape index (κ2) is 7.36. The summed E-state index contributed by atoms with van der Waals surface area (Å²) in [6, 6.07) is 5.17. The summed E-state index contributed by atoms with van der Waals surface area (Å²) in [6.45, 7) is 2.74. The number of aliphatic hydroxyl groups excluding tert-OH is 1. The second-order valence-electron chi connectivity index (χ2n) is 3.84. The maximum Gasteiger partial charge on any atom is 0.137 e. The standard InChI is InChI=1S/C12H17BrFNOS/c1-8(11(7-16)17-2)15-6-9-4-3-5-10(14)12(9)13/h3-5,8,11,15-16H,6-7H2,1-2H3. The van der Waals surface area contributed by atoms with E-state index >= 15 is 0 Å². The number of aliphatic hydroxyl groups is 1. The summed E-state index contributed by atoms with van der Waals surface area (Å²) < 4.78 is 13.8. The number of hydrogen-bond acceptors (Lipinski definition) is 3. The molecule has 0 saturated heterocycles. The number of rotatable bonds is 6. The van der Waals surface area contributed by atoms with E-state index in [0.717, 1.165) is 5.56 Å². The van der Waals surface area contributed by atoms with E-state index in [0.29, 0.717) is 11.0 Å². The highest BCUT2D eigenvalue weighted by Gasteiger charge is 2.15. The first kappa shape index (κ1) is 15.0. The van der Waals surface area contributed by atoms with Crippen LogP contribution in [0.25, 0.3) is 0 Å². The largest absolute Gasteiger partial charge is 0.395 e. The molecule has 0 aliphatic rings. The molecule has 2 atom stereocenters. The molecule has 0 bridgehead atoms. The van der Waals surface area contributed by atoms with Crippen LogP contribution in [0, 0.1) is 5.82 Å².